The van der Waals surface area contributed by atoms with Gasteiger partial charge in [-0.3, -0.25) is 4.57 Å². The van der Waals surface area contributed by atoms with Gasteiger partial charge < -0.3 is 4.74 Å². The Hall–Kier alpha value is -3.06. The summed E-state index contributed by atoms with van der Waals surface area (Å²) in [6.45, 7) is 0. The second-order valence-corrected chi connectivity index (χ2v) is 6.53. The molecule has 130 valence electrons. The van der Waals surface area contributed by atoms with Crippen LogP contribution in [0.5, 0.6) is 5.75 Å². The van der Waals surface area contributed by atoms with E-state index >= 15 is 0 Å². The molecule has 4 aromatic rings. The summed E-state index contributed by atoms with van der Waals surface area (Å²) in [5.41, 5.74) is 3.24. The monoisotopic (exact) mass is 363 g/mol. The number of aromatic nitrogens is 5. The first-order valence-electron chi connectivity index (χ1n) is 8.10. The highest BCUT2D eigenvalue weighted by molar-refractivity contribution is 7.98. The average molecular weight is 363 g/mol. The third kappa shape index (κ3) is 3.48. The molecule has 0 aliphatic heterocycles. The number of hydrogen-bond acceptors (Lipinski definition) is 5. The maximum absolute atomic E-state index is 5.30. The Kier molecular flexibility index (Phi) is 4.70. The molecule has 7 heteroatoms. The van der Waals surface area contributed by atoms with E-state index < -0.39 is 0 Å². The van der Waals surface area contributed by atoms with Crippen molar-refractivity contribution < 1.29 is 4.74 Å². The van der Waals surface area contributed by atoms with Crippen molar-refractivity contribution in [3.63, 3.8) is 0 Å². The molecule has 0 saturated heterocycles. The average Bonchev–Trinajstić information content (AvgIpc) is 3.39. The van der Waals surface area contributed by atoms with Crippen LogP contribution in [0.15, 0.2) is 78.5 Å². The Labute approximate surface area is 155 Å². The van der Waals surface area contributed by atoms with Crippen LogP contribution in [0.3, 0.4) is 0 Å². The number of rotatable bonds is 6. The van der Waals surface area contributed by atoms with Crippen molar-refractivity contribution in [3.8, 4) is 17.1 Å². The highest BCUT2D eigenvalue weighted by atomic mass is 32.2. The topological polar surface area (TPSA) is 57.8 Å². The molecule has 0 aliphatic rings. The van der Waals surface area contributed by atoms with Gasteiger partial charge in [-0.05, 0) is 35.9 Å². The molecule has 0 saturated carbocycles. The summed E-state index contributed by atoms with van der Waals surface area (Å²) in [5, 5.41) is 13.4. The standard InChI is InChI=1S/C19H17N5OS/c1-25-18-5-2-4-17(12-18)23-14-20-22-19(23)26-13-15-6-8-16(9-7-15)24-11-3-10-21-24/h2-12,14H,13H2,1H3. The van der Waals surface area contributed by atoms with Gasteiger partial charge in [-0.15, -0.1) is 10.2 Å². The minimum atomic E-state index is 0.807. The summed E-state index contributed by atoms with van der Waals surface area (Å²) in [5.74, 6) is 1.61. The van der Waals surface area contributed by atoms with Gasteiger partial charge in [0.2, 0.25) is 0 Å². The van der Waals surface area contributed by atoms with Gasteiger partial charge in [0.1, 0.15) is 12.1 Å². The van der Waals surface area contributed by atoms with Gasteiger partial charge in [-0.1, -0.05) is 30.0 Å². The molecule has 0 fully saturated rings. The Bertz CT molecular complexity index is 979. The highest BCUT2D eigenvalue weighted by Crippen LogP contribution is 2.25. The quantitative estimate of drug-likeness (QED) is 0.488. The van der Waals surface area contributed by atoms with E-state index in [1.54, 1.807) is 31.4 Å². The Balaban J connectivity index is 1.48. The summed E-state index contributed by atoms with van der Waals surface area (Å²) in [7, 11) is 1.66. The normalized spacial score (nSPS) is 10.8. The summed E-state index contributed by atoms with van der Waals surface area (Å²) in [6, 6.07) is 18.1. The predicted molar refractivity (Wildman–Crippen MR) is 101 cm³/mol. The lowest BCUT2D eigenvalue weighted by Gasteiger charge is -2.08. The first-order valence-corrected chi connectivity index (χ1v) is 9.08. The van der Waals surface area contributed by atoms with Crippen LogP contribution in [0.1, 0.15) is 5.56 Å². The maximum atomic E-state index is 5.30. The van der Waals surface area contributed by atoms with E-state index in [0.717, 1.165) is 28.0 Å². The van der Waals surface area contributed by atoms with Crippen molar-refractivity contribution in [1.29, 1.82) is 0 Å². The van der Waals surface area contributed by atoms with Crippen molar-refractivity contribution in [2.75, 3.05) is 7.11 Å². The van der Waals surface area contributed by atoms with Crippen LogP contribution in [0, 0.1) is 0 Å². The zero-order valence-electron chi connectivity index (χ0n) is 14.2. The number of thioether (sulfide) groups is 1. The van der Waals surface area contributed by atoms with Gasteiger partial charge >= 0.3 is 0 Å². The van der Waals surface area contributed by atoms with E-state index in [-0.39, 0.29) is 0 Å². The first kappa shape index (κ1) is 16.4. The van der Waals surface area contributed by atoms with E-state index in [9.17, 15) is 0 Å². The molecular formula is C19H17N5OS. The van der Waals surface area contributed by atoms with Crippen LogP contribution < -0.4 is 4.74 Å². The van der Waals surface area contributed by atoms with Crippen LogP contribution in [0.4, 0.5) is 0 Å². The molecule has 2 aromatic carbocycles. The molecule has 6 nitrogen and oxygen atoms in total. The highest BCUT2D eigenvalue weighted by Gasteiger charge is 2.08. The van der Waals surface area contributed by atoms with Gasteiger partial charge in [0.05, 0.1) is 18.5 Å². The SMILES string of the molecule is COc1cccc(-n2cnnc2SCc2ccc(-n3cccn3)cc2)c1. The molecule has 0 atom stereocenters. The maximum Gasteiger partial charge on any atom is 0.195 e. The van der Waals surface area contributed by atoms with Gasteiger partial charge in [0.15, 0.2) is 5.16 Å². The lowest BCUT2D eigenvalue weighted by Crippen LogP contribution is -1.96. The van der Waals surface area contributed by atoms with Crippen molar-refractivity contribution in [2.45, 2.75) is 10.9 Å². The molecule has 0 unspecified atom stereocenters. The first-order chi connectivity index (χ1) is 12.8. The fraction of sp³-hybridized carbons (Fsp3) is 0.105. The van der Waals surface area contributed by atoms with Crippen LogP contribution in [-0.4, -0.2) is 31.7 Å². The predicted octanol–water partition coefficient (Wildman–Crippen LogP) is 3.75. The second kappa shape index (κ2) is 7.45. The molecule has 0 aliphatic carbocycles. The van der Waals surface area contributed by atoms with Gasteiger partial charge in [0, 0.05) is 24.2 Å². The minimum absolute atomic E-state index is 0.807. The fourth-order valence-electron chi connectivity index (χ4n) is 2.57. The molecule has 0 spiro atoms. The minimum Gasteiger partial charge on any atom is -0.497 e. The lowest BCUT2D eigenvalue weighted by molar-refractivity contribution is 0.414. The van der Waals surface area contributed by atoms with Crippen LogP contribution in [0.25, 0.3) is 11.4 Å². The number of hydrogen-bond donors (Lipinski definition) is 0. The number of nitrogens with zero attached hydrogens (tertiary/aromatic N) is 5. The molecule has 4 rings (SSSR count). The summed E-state index contributed by atoms with van der Waals surface area (Å²) < 4.78 is 9.10. The van der Waals surface area contributed by atoms with E-state index in [1.165, 1.54) is 5.56 Å². The van der Waals surface area contributed by atoms with E-state index in [0.29, 0.717) is 0 Å². The Morgan fingerprint density at radius 1 is 1.04 bits per heavy atom. The molecule has 0 N–H and O–H groups in total. The van der Waals surface area contributed by atoms with Crippen LogP contribution in [0.2, 0.25) is 0 Å². The molecule has 26 heavy (non-hydrogen) atoms. The van der Waals surface area contributed by atoms with Gasteiger partial charge in [-0.2, -0.15) is 5.10 Å². The smallest absolute Gasteiger partial charge is 0.195 e. The summed E-state index contributed by atoms with van der Waals surface area (Å²) in [4.78, 5) is 0. The van der Waals surface area contributed by atoms with Crippen molar-refractivity contribution in [1.82, 2.24) is 24.5 Å². The molecule has 2 aromatic heterocycles. The number of ether oxygens (including phenoxy) is 1. The number of benzene rings is 2. The second-order valence-electron chi connectivity index (χ2n) is 5.59. The molecule has 2 heterocycles. The van der Waals surface area contributed by atoms with Crippen molar-refractivity contribution in [2.24, 2.45) is 0 Å². The largest absolute Gasteiger partial charge is 0.497 e. The molecule has 0 bridgehead atoms. The van der Waals surface area contributed by atoms with E-state index in [2.05, 4.69) is 39.6 Å². The number of methoxy groups -OCH3 is 1. The van der Waals surface area contributed by atoms with Crippen LogP contribution >= 0.6 is 11.8 Å². The fourth-order valence-corrected chi connectivity index (χ4v) is 3.46. The lowest BCUT2D eigenvalue weighted by atomic mass is 10.2. The van der Waals surface area contributed by atoms with E-state index in [4.69, 9.17) is 4.74 Å². The molecule has 0 radical (unpaired) electrons. The third-order valence-corrected chi connectivity index (χ3v) is 4.94. The van der Waals surface area contributed by atoms with Crippen LogP contribution in [-0.2, 0) is 5.75 Å². The molecular weight excluding hydrogens is 346 g/mol. The van der Waals surface area contributed by atoms with Crippen molar-refractivity contribution >= 4 is 11.8 Å². The Morgan fingerprint density at radius 3 is 2.69 bits per heavy atom. The summed E-state index contributed by atoms with van der Waals surface area (Å²) in [6.07, 6.45) is 5.42. The Morgan fingerprint density at radius 2 is 1.92 bits per heavy atom. The van der Waals surface area contributed by atoms with Gasteiger partial charge in [0.25, 0.3) is 0 Å². The third-order valence-electron chi connectivity index (χ3n) is 3.92. The zero-order chi connectivity index (χ0) is 17.8. The van der Waals surface area contributed by atoms with Crippen molar-refractivity contribution in [3.05, 3.63) is 78.9 Å². The van der Waals surface area contributed by atoms with Gasteiger partial charge in [-0.25, -0.2) is 4.68 Å². The summed E-state index contributed by atoms with van der Waals surface area (Å²) >= 11 is 1.64. The zero-order valence-corrected chi connectivity index (χ0v) is 15.0. The molecule has 0 amide bonds. The van der Waals surface area contributed by atoms with E-state index in [1.807, 2.05) is 45.8 Å².